The summed E-state index contributed by atoms with van der Waals surface area (Å²) >= 11 is 0. The van der Waals surface area contributed by atoms with Gasteiger partial charge in [0.15, 0.2) is 11.6 Å². The molecule has 222 valence electrons. The molecule has 2 saturated heterocycles. The Kier molecular flexibility index (Phi) is 8.60. The van der Waals surface area contributed by atoms with Crippen molar-refractivity contribution in [1.29, 1.82) is 5.26 Å². The monoisotopic (exact) mass is 585 g/mol. The number of nitrogens with zero attached hydrogens (tertiary/aromatic N) is 5. The third-order valence-corrected chi connectivity index (χ3v) is 7.92. The van der Waals surface area contributed by atoms with Gasteiger partial charge in [-0.1, -0.05) is 6.07 Å². The van der Waals surface area contributed by atoms with Gasteiger partial charge in [-0.25, -0.2) is 14.2 Å². The van der Waals surface area contributed by atoms with Crippen molar-refractivity contribution in [3.63, 3.8) is 0 Å². The summed E-state index contributed by atoms with van der Waals surface area (Å²) in [7, 11) is 0. The minimum Gasteiger partial charge on any atom is -0.484 e. The highest BCUT2D eigenvalue weighted by Gasteiger charge is 2.25. The summed E-state index contributed by atoms with van der Waals surface area (Å²) in [5, 5.41) is 18.4. The molecular weight excluding hydrogens is 553 g/mol. The average Bonchev–Trinajstić information content (AvgIpc) is 3.33. The number of hydrogen-bond acceptors (Lipinski definition) is 8. The number of nitriles is 1. The van der Waals surface area contributed by atoms with E-state index in [1.165, 1.54) is 12.1 Å². The van der Waals surface area contributed by atoms with Crippen LogP contribution in [0.1, 0.15) is 52.4 Å². The lowest BCUT2D eigenvalue weighted by Crippen LogP contribution is -2.38. The number of rotatable bonds is 11. The third kappa shape index (κ3) is 6.83. The van der Waals surface area contributed by atoms with Gasteiger partial charge >= 0.3 is 5.97 Å². The second-order valence-corrected chi connectivity index (χ2v) is 10.9. The first kappa shape index (κ1) is 28.7. The summed E-state index contributed by atoms with van der Waals surface area (Å²) in [5.74, 6) is -0.545. The van der Waals surface area contributed by atoms with E-state index < -0.39 is 11.8 Å². The van der Waals surface area contributed by atoms with E-state index in [0.717, 1.165) is 67.6 Å². The standard InChI is InChI=1S/C32H32FN5O5/c33-27-14-21(16-34)4-7-30(27)43-20-24-3-1-2-23(35-24)19-42-25-8-11-37(12-9-25)18-31-36-28-6-5-22(32(39)40)15-29(28)38(31)17-26-10-13-41-26/h1-7,14-15,25-26H,8-13,17-20H2,(H,39,40). The van der Waals surface area contributed by atoms with Crippen LogP contribution in [0, 0.1) is 17.1 Å². The van der Waals surface area contributed by atoms with Crippen LogP contribution in [0.5, 0.6) is 5.75 Å². The van der Waals surface area contributed by atoms with Gasteiger partial charge < -0.3 is 23.9 Å². The zero-order valence-electron chi connectivity index (χ0n) is 23.6. The second kappa shape index (κ2) is 12.9. The van der Waals surface area contributed by atoms with Crippen molar-refractivity contribution in [1.82, 2.24) is 19.4 Å². The van der Waals surface area contributed by atoms with Gasteiger partial charge in [0.1, 0.15) is 12.4 Å². The van der Waals surface area contributed by atoms with Gasteiger partial charge in [0, 0.05) is 19.7 Å². The Balaban J connectivity index is 1.02. The molecule has 43 heavy (non-hydrogen) atoms. The maximum atomic E-state index is 14.1. The average molecular weight is 586 g/mol. The van der Waals surface area contributed by atoms with E-state index in [4.69, 9.17) is 24.5 Å². The van der Waals surface area contributed by atoms with Crippen LogP contribution >= 0.6 is 0 Å². The lowest BCUT2D eigenvalue weighted by atomic mass is 10.1. The first-order valence-electron chi connectivity index (χ1n) is 14.4. The van der Waals surface area contributed by atoms with Crippen molar-refractivity contribution in [3.05, 3.63) is 88.8 Å². The number of likely N-dealkylation sites (tertiary alicyclic amines) is 1. The molecule has 0 amide bonds. The van der Waals surface area contributed by atoms with E-state index >= 15 is 0 Å². The number of halogens is 1. The predicted molar refractivity (Wildman–Crippen MR) is 154 cm³/mol. The highest BCUT2D eigenvalue weighted by Crippen LogP contribution is 2.25. The molecule has 2 aliphatic rings. The molecule has 6 rings (SSSR count). The molecule has 11 heteroatoms. The minimum absolute atomic E-state index is 0.0752. The second-order valence-electron chi connectivity index (χ2n) is 10.9. The van der Waals surface area contributed by atoms with Crippen molar-refractivity contribution in [2.24, 2.45) is 0 Å². The topological polar surface area (TPSA) is 123 Å². The van der Waals surface area contributed by atoms with E-state index in [-0.39, 0.29) is 35.7 Å². The molecule has 0 spiro atoms. The Morgan fingerprint density at radius 2 is 1.86 bits per heavy atom. The van der Waals surface area contributed by atoms with Crippen LogP contribution in [0.2, 0.25) is 0 Å². The number of carboxylic acid groups (broad SMARTS) is 1. The number of imidazole rings is 1. The van der Waals surface area contributed by atoms with Crippen molar-refractivity contribution in [2.45, 2.75) is 57.8 Å². The molecule has 0 radical (unpaired) electrons. The number of carbonyl (C=O) groups is 1. The van der Waals surface area contributed by atoms with Crippen molar-refractivity contribution in [3.8, 4) is 11.8 Å². The molecule has 0 saturated carbocycles. The molecule has 0 aliphatic carbocycles. The molecule has 1 N–H and O–H groups in total. The van der Waals surface area contributed by atoms with Gasteiger partial charge in [0.2, 0.25) is 0 Å². The molecule has 1 unspecified atom stereocenters. The van der Waals surface area contributed by atoms with E-state index in [1.807, 2.05) is 24.3 Å². The summed E-state index contributed by atoms with van der Waals surface area (Å²) in [6, 6.07) is 16.7. The van der Waals surface area contributed by atoms with Crippen LogP contribution in [0.4, 0.5) is 4.39 Å². The fourth-order valence-corrected chi connectivity index (χ4v) is 5.43. The van der Waals surface area contributed by atoms with Crippen LogP contribution in [-0.4, -0.2) is 62.4 Å². The van der Waals surface area contributed by atoms with Crippen LogP contribution in [-0.2, 0) is 35.8 Å². The molecule has 2 aromatic carbocycles. The molecule has 2 fully saturated rings. The van der Waals surface area contributed by atoms with Gasteiger partial charge in [-0.05, 0) is 67.8 Å². The quantitative estimate of drug-likeness (QED) is 0.267. The number of aromatic nitrogens is 3. The third-order valence-electron chi connectivity index (χ3n) is 7.92. The number of piperidine rings is 1. The first-order valence-corrected chi connectivity index (χ1v) is 14.4. The lowest BCUT2D eigenvalue weighted by molar-refractivity contribution is -0.0593. The molecule has 4 aromatic rings. The number of benzene rings is 2. The fraction of sp³-hybridized carbons (Fsp3) is 0.375. The van der Waals surface area contributed by atoms with E-state index in [1.54, 1.807) is 18.2 Å². The summed E-state index contributed by atoms with van der Waals surface area (Å²) in [6.07, 6.45) is 2.96. The number of hydrogen-bond donors (Lipinski definition) is 1. The van der Waals surface area contributed by atoms with E-state index in [0.29, 0.717) is 25.4 Å². The summed E-state index contributed by atoms with van der Waals surface area (Å²) < 4.78 is 33.7. The molecule has 0 bridgehead atoms. The number of ether oxygens (including phenoxy) is 3. The maximum Gasteiger partial charge on any atom is 0.335 e. The van der Waals surface area contributed by atoms with E-state index in [2.05, 4.69) is 14.5 Å². The first-order chi connectivity index (χ1) is 20.9. The maximum absolute atomic E-state index is 14.1. The summed E-state index contributed by atoms with van der Waals surface area (Å²) in [4.78, 5) is 23.4. The Morgan fingerprint density at radius 3 is 2.56 bits per heavy atom. The Labute approximate surface area is 248 Å². The molecule has 4 heterocycles. The molecule has 2 aromatic heterocycles. The Hall–Kier alpha value is -4.37. The highest BCUT2D eigenvalue weighted by molar-refractivity contribution is 5.92. The molecule has 10 nitrogen and oxygen atoms in total. The van der Waals surface area contributed by atoms with Gasteiger partial charge in [-0.3, -0.25) is 9.88 Å². The SMILES string of the molecule is N#Cc1ccc(OCc2cccc(COC3CCN(Cc4nc5ccc(C(=O)O)cc5n4CC4CCO4)CC3)n2)c(F)c1. The predicted octanol–water partition coefficient (Wildman–Crippen LogP) is 4.69. The van der Waals surface area contributed by atoms with Gasteiger partial charge in [0.05, 0.1) is 71.5 Å². The zero-order valence-corrected chi connectivity index (χ0v) is 23.6. The van der Waals surface area contributed by atoms with Crippen LogP contribution in [0.15, 0.2) is 54.6 Å². The minimum atomic E-state index is -0.952. The van der Waals surface area contributed by atoms with Gasteiger partial charge in [-0.2, -0.15) is 5.26 Å². The van der Waals surface area contributed by atoms with Crippen molar-refractivity contribution >= 4 is 17.0 Å². The fourth-order valence-electron chi connectivity index (χ4n) is 5.43. The summed E-state index contributed by atoms with van der Waals surface area (Å²) in [6.45, 7) is 4.26. The Bertz CT molecular complexity index is 1660. The summed E-state index contributed by atoms with van der Waals surface area (Å²) in [5.41, 5.74) is 3.54. The van der Waals surface area contributed by atoms with Crippen LogP contribution in [0.25, 0.3) is 11.0 Å². The van der Waals surface area contributed by atoms with Crippen LogP contribution in [0.3, 0.4) is 0 Å². The zero-order chi connectivity index (χ0) is 29.8. The number of fused-ring (bicyclic) bond motifs is 1. The van der Waals surface area contributed by atoms with Crippen LogP contribution < -0.4 is 4.74 Å². The molecule has 2 aliphatic heterocycles. The van der Waals surface area contributed by atoms with Crippen molar-refractivity contribution in [2.75, 3.05) is 19.7 Å². The highest BCUT2D eigenvalue weighted by atomic mass is 19.1. The number of pyridine rings is 1. The molecular formula is C32H32FN5O5. The Morgan fingerprint density at radius 1 is 1.07 bits per heavy atom. The van der Waals surface area contributed by atoms with Crippen molar-refractivity contribution < 1.29 is 28.5 Å². The van der Waals surface area contributed by atoms with E-state index in [9.17, 15) is 14.3 Å². The largest absolute Gasteiger partial charge is 0.484 e. The number of aromatic carboxylic acids is 1. The number of carboxylic acids is 1. The normalized spacial score (nSPS) is 17.4. The lowest BCUT2D eigenvalue weighted by Gasteiger charge is -2.32. The smallest absolute Gasteiger partial charge is 0.335 e. The molecule has 1 atom stereocenters. The van der Waals surface area contributed by atoms with Gasteiger partial charge in [-0.15, -0.1) is 0 Å². The van der Waals surface area contributed by atoms with Gasteiger partial charge in [0.25, 0.3) is 0 Å².